The molecule has 6 unspecified atom stereocenters. The first-order valence-electron chi connectivity index (χ1n) is 28.5. The molecule has 1 heterocycles. The zero-order valence-electron chi connectivity index (χ0n) is 46.9. The third-order valence-corrected chi connectivity index (χ3v) is 11.6. The van der Waals surface area contributed by atoms with Gasteiger partial charge in [0.25, 0.3) is 0 Å². The molecule has 0 spiro atoms. The molecule has 1 saturated heterocycles. The van der Waals surface area contributed by atoms with Crippen LogP contribution >= 0.6 is 0 Å². The largest absolute Gasteiger partial charge is 0.479 e. The highest BCUT2D eigenvalue weighted by Gasteiger charge is 2.50. The standard InChI is InChI=1S/C65H96O12/c1-4-7-10-13-16-19-22-25-27-29-31-34-36-39-42-45-48-51-57(66)73-54-56(75-58(67)52-49-46-43-40-37-33-24-21-18-15-12-9-6-3)55-74-65-63(61(70)60(69)62(77-65)64(71)72)76-59(68)53-50-47-44-41-38-35-32-30-28-26-23-20-17-14-11-8-5-2/h7-12,16-21,25-28,31-35,37,41,43-44,46,56,60-63,65,69-70H,4-6,13-15,22-24,29-30,36,38-40,42,45,47-55H2,1-3H3,(H,71,72)/b10-7-,11-8-,12-9-,19-16-,20-17-,21-18-,27-25-,28-26-,34-31-,35-32-,37-33-,44-41-,46-43-. The molecule has 0 aromatic carbocycles. The molecule has 1 aliphatic rings. The van der Waals surface area contributed by atoms with Crippen molar-refractivity contribution in [2.45, 2.75) is 212 Å². The molecule has 0 amide bonds. The number of aliphatic carboxylic acids is 1. The third-order valence-electron chi connectivity index (χ3n) is 11.6. The lowest BCUT2D eigenvalue weighted by molar-refractivity contribution is -0.301. The van der Waals surface area contributed by atoms with Gasteiger partial charge < -0.3 is 39.0 Å². The van der Waals surface area contributed by atoms with Crippen LogP contribution in [-0.2, 0) is 42.9 Å². The predicted molar refractivity (Wildman–Crippen MR) is 312 cm³/mol. The Bertz CT molecular complexity index is 1940. The van der Waals surface area contributed by atoms with Crippen LogP contribution in [0.25, 0.3) is 0 Å². The normalized spacial score (nSPS) is 19.2. The maximum atomic E-state index is 13.1. The molecule has 1 rings (SSSR count). The first kappa shape index (κ1) is 69.4. The summed E-state index contributed by atoms with van der Waals surface area (Å²) in [6, 6.07) is 0. The van der Waals surface area contributed by atoms with E-state index in [2.05, 4.69) is 148 Å². The number of aliphatic hydroxyl groups excluding tert-OH is 2. The van der Waals surface area contributed by atoms with Gasteiger partial charge in [0, 0.05) is 19.3 Å². The van der Waals surface area contributed by atoms with Crippen molar-refractivity contribution in [2.24, 2.45) is 0 Å². The second kappa shape index (κ2) is 51.1. The number of carboxylic acid groups (broad SMARTS) is 1. The summed E-state index contributed by atoms with van der Waals surface area (Å²) in [5.74, 6) is -3.37. The van der Waals surface area contributed by atoms with Crippen molar-refractivity contribution >= 4 is 23.9 Å². The van der Waals surface area contributed by atoms with Gasteiger partial charge >= 0.3 is 23.9 Å². The van der Waals surface area contributed by atoms with Crippen molar-refractivity contribution in [1.29, 1.82) is 0 Å². The van der Waals surface area contributed by atoms with E-state index in [9.17, 15) is 34.5 Å². The predicted octanol–water partition coefficient (Wildman–Crippen LogP) is 14.6. The summed E-state index contributed by atoms with van der Waals surface area (Å²) in [4.78, 5) is 51.0. The van der Waals surface area contributed by atoms with E-state index < -0.39 is 67.3 Å². The number of allylic oxidation sites excluding steroid dienone is 26. The van der Waals surface area contributed by atoms with E-state index in [1.54, 1.807) is 0 Å². The number of aliphatic hydroxyl groups is 2. The van der Waals surface area contributed by atoms with Crippen molar-refractivity contribution in [2.75, 3.05) is 13.2 Å². The molecule has 0 radical (unpaired) electrons. The summed E-state index contributed by atoms with van der Waals surface area (Å²) in [5, 5.41) is 31.4. The van der Waals surface area contributed by atoms with Crippen LogP contribution in [0.3, 0.4) is 0 Å². The van der Waals surface area contributed by atoms with Gasteiger partial charge in [-0.1, -0.05) is 192 Å². The van der Waals surface area contributed by atoms with Crippen LogP contribution in [0.1, 0.15) is 175 Å². The van der Waals surface area contributed by atoms with Gasteiger partial charge in [-0.2, -0.15) is 0 Å². The average molecular weight is 1070 g/mol. The fourth-order valence-corrected chi connectivity index (χ4v) is 7.35. The summed E-state index contributed by atoms with van der Waals surface area (Å²) < 4.78 is 28.2. The summed E-state index contributed by atoms with van der Waals surface area (Å²) in [6.07, 6.45) is 62.4. The SMILES string of the molecule is CC/C=C\C/C=C\C/C=C\C/C=C\C/C=C\CCCC(=O)OC1C(OCC(COC(=O)CCCCCC/C=C\C/C=C\C/C=C\C/C=C\CC)OC(=O)CC/C=C\C/C=C\C/C=C\C/C=C\CC)OC(C(=O)O)C(O)C1O. The monoisotopic (exact) mass is 1070 g/mol. The summed E-state index contributed by atoms with van der Waals surface area (Å²) in [7, 11) is 0. The summed E-state index contributed by atoms with van der Waals surface area (Å²) in [5.41, 5.74) is 0. The number of hydrogen-bond acceptors (Lipinski definition) is 11. The van der Waals surface area contributed by atoms with Crippen molar-refractivity contribution in [3.63, 3.8) is 0 Å². The highest BCUT2D eigenvalue weighted by Crippen LogP contribution is 2.26. The lowest BCUT2D eigenvalue weighted by Gasteiger charge is -2.40. The van der Waals surface area contributed by atoms with Crippen LogP contribution in [0.4, 0.5) is 0 Å². The topological polar surface area (TPSA) is 175 Å². The second-order valence-corrected chi connectivity index (χ2v) is 18.4. The maximum Gasteiger partial charge on any atom is 0.335 e. The van der Waals surface area contributed by atoms with Gasteiger partial charge in [0.15, 0.2) is 24.6 Å². The van der Waals surface area contributed by atoms with E-state index >= 15 is 0 Å². The van der Waals surface area contributed by atoms with Gasteiger partial charge in [0.1, 0.15) is 18.8 Å². The first-order valence-corrected chi connectivity index (χ1v) is 28.5. The van der Waals surface area contributed by atoms with Gasteiger partial charge in [-0.25, -0.2) is 4.79 Å². The molecule has 0 aliphatic carbocycles. The van der Waals surface area contributed by atoms with E-state index in [1.165, 1.54) is 0 Å². The van der Waals surface area contributed by atoms with E-state index in [1.807, 2.05) is 30.4 Å². The lowest BCUT2D eigenvalue weighted by atomic mass is 9.98. The average Bonchev–Trinajstić information content (AvgIpc) is 3.42. The molecule has 0 bridgehead atoms. The molecule has 0 aromatic rings. The Morgan fingerprint density at radius 3 is 1.26 bits per heavy atom. The maximum absolute atomic E-state index is 13.1. The Balaban J connectivity index is 2.80. The minimum absolute atomic E-state index is 0.0192. The molecule has 428 valence electrons. The Morgan fingerprint density at radius 2 is 0.818 bits per heavy atom. The Morgan fingerprint density at radius 1 is 0.429 bits per heavy atom. The van der Waals surface area contributed by atoms with E-state index in [4.69, 9.17) is 23.7 Å². The van der Waals surface area contributed by atoms with Crippen molar-refractivity contribution < 1.29 is 58.2 Å². The fourth-order valence-electron chi connectivity index (χ4n) is 7.35. The molecular weight excluding hydrogens is 973 g/mol. The molecular formula is C65H96O12. The molecule has 3 N–H and O–H groups in total. The zero-order chi connectivity index (χ0) is 56.1. The molecule has 6 atom stereocenters. The zero-order valence-corrected chi connectivity index (χ0v) is 46.9. The number of carboxylic acids is 1. The van der Waals surface area contributed by atoms with Crippen LogP contribution in [0.5, 0.6) is 0 Å². The molecule has 1 aliphatic heterocycles. The Kier molecular flexibility index (Phi) is 46.0. The minimum Gasteiger partial charge on any atom is -0.479 e. The molecule has 0 saturated carbocycles. The number of unbranched alkanes of at least 4 members (excludes halogenated alkanes) is 5. The quantitative estimate of drug-likeness (QED) is 0.0228. The fraction of sp³-hybridized carbons (Fsp3) is 0.538. The molecule has 12 nitrogen and oxygen atoms in total. The van der Waals surface area contributed by atoms with Gasteiger partial charge in [0.05, 0.1) is 6.61 Å². The number of ether oxygens (including phenoxy) is 5. The van der Waals surface area contributed by atoms with E-state index in [0.29, 0.717) is 32.1 Å². The number of esters is 3. The Hall–Kier alpha value is -5.66. The minimum atomic E-state index is -1.95. The van der Waals surface area contributed by atoms with Crippen LogP contribution < -0.4 is 0 Å². The number of carbonyl (C=O) groups is 4. The van der Waals surface area contributed by atoms with Gasteiger partial charge in [-0.15, -0.1) is 0 Å². The van der Waals surface area contributed by atoms with Crippen molar-refractivity contribution in [1.82, 2.24) is 0 Å². The van der Waals surface area contributed by atoms with Crippen molar-refractivity contribution in [3.8, 4) is 0 Å². The molecule has 0 aromatic heterocycles. The highest BCUT2D eigenvalue weighted by molar-refractivity contribution is 5.74. The van der Waals surface area contributed by atoms with Crippen LogP contribution in [0.2, 0.25) is 0 Å². The lowest BCUT2D eigenvalue weighted by Crippen LogP contribution is -2.61. The number of carbonyl (C=O) groups excluding carboxylic acids is 3. The number of rotatable bonds is 45. The van der Waals surface area contributed by atoms with Crippen LogP contribution in [0.15, 0.2) is 158 Å². The third kappa shape index (κ3) is 41.2. The Labute approximate surface area is 463 Å². The van der Waals surface area contributed by atoms with Gasteiger partial charge in [0.2, 0.25) is 0 Å². The smallest absolute Gasteiger partial charge is 0.335 e. The van der Waals surface area contributed by atoms with Gasteiger partial charge in [-0.05, 0) is 122 Å². The second-order valence-electron chi connectivity index (χ2n) is 18.4. The summed E-state index contributed by atoms with van der Waals surface area (Å²) >= 11 is 0. The van der Waals surface area contributed by atoms with Crippen LogP contribution in [0, 0.1) is 0 Å². The summed E-state index contributed by atoms with van der Waals surface area (Å²) in [6.45, 7) is 5.51. The molecule has 12 heteroatoms. The van der Waals surface area contributed by atoms with Crippen LogP contribution in [-0.4, -0.2) is 89.2 Å². The van der Waals surface area contributed by atoms with E-state index in [-0.39, 0.29) is 25.9 Å². The van der Waals surface area contributed by atoms with E-state index in [0.717, 1.165) is 103 Å². The van der Waals surface area contributed by atoms with Crippen molar-refractivity contribution in [3.05, 3.63) is 158 Å². The molecule has 1 fully saturated rings. The van der Waals surface area contributed by atoms with Gasteiger partial charge in [-0.3, -0.25) is 14.4 Å². The first-order chi connectivity index (χ1) is 37.6. The number of hydrogen-bond donors (Lipinski definition) is 3. The highest BCUT2D eigenvalue weighted by atomic mass is 16.7. The molecule has 77 heavy (non-hydrogen) atoms.